The van der Waals surface area contributed by atoms with Crippen molar-refractivity contribution < 1.29 is 13.2 Å². The number of benzene rings is 2. The lowest BCUT2D eigenvalue weighted by atomic mass is 9.96. The molecule has 3 rings (SSSR count). The SMILES string of the molecule is CCC(C)C(=O)N1CC[C@@H](NS(C)(=O)=O)[C@H]1Cc1cccc(-c2ccccc2)c1. The van der Waals surface area contributed by atoms with E-state index in [-0.39, 0.29) is 23.9 Å². The van der Waals surface area contributed by atoms with Crippen LogP contribution in [-0.4, -0.2) is 44.1 Å². The standard InChI is InChI=1S/C23H30N2O3S/c1-4-17(2)23(26)25-14-13-21(24-29(3,27)28)22(25)16-18-9-8-12-20(15-18)19-10-6-5-7-11-19/h5-12,15,17,21-22,24H,4,13-14,16H2,1-3H3/t17?,21-,22-/m1/s1. The Kier molecular flexibility index (Phi) is 6.75. The average Bonchev–Trinajstić information content (AvgIpc) is 3.08. The summed E-state index contributed by atoms with van der Waals surface area (Å²) in [5.41, 5.74) is 3.35. The Morgan fingerprint density at radius 1 is 1.14 bits per heavy atom. The second kappa shape index (κ2) is 9.09. The summed E-state index contributed by atoms with van der Waals surface area (Å²) >= 11 is 0. The summed E-state index contributed by atoms with van der Waals surface area (Å²) in [6.45, 7) is 4.52. The van der Waals surface area contributed by atoms with Gasteiger partial charge in [0.1, 0.15) is 0 Å². The highest BCUT2D eigenvalue weighted by Gasteiger charge is 2.39. The Bertz CT molecular complexity index is 944. The Hall–Kier alpha value is -2.18. The number of hydrogen-bond acceptors (Lipinski definition) is 3. The molecule has 0 saturated carbocycles. The van der Waals surface area contributed by atoms with Crippen LogP contribution in [0.15, 0.2) is 54.6 Å². The minimum Gasteiger partial charge on any atom is -0.337 e. The molecule has 1 fully saturated rings. The van der Waals surface area contributed by atoms with Crippen molar-refractivity contribution >= 4 is 15.9 Å². The molecule has 5 nitrogen and oxygen atoms in total. The minimum absolute atomic E-state index is 0.0647. The average molecular weight is 415 g/mol. The Balaban J connectivity index is 1.88. The molecule has 0 spiro atoms. The van der Waals surface area contributed by atoms with Crippen LogP contribution in [0.2, 0.25) is 0 Å². The predicted molar refractivity (Wildman–Crippen MR) is 117 cm³/mol. The van der Waals surface area contributed by atoms with Crippen molar-refractivity contribution in [3.8, 4) is 11.1 Å². The van der Waals surface area contributed by atoms with Crippen molar-refractivity contribution in [3.05, 3.63) is 60.2 Å². The zero-order valence-electron chi connectivity index (χ0n) is 17.3. The predicted octanol–water partition coefficient (Wildman–Crippen LogP) is 3.46. The summed E-state index contributed by atoms with van der Waals surface area (Å²) in [7, 11) is -3.35. The highest BCUT2D eigenvalue weighted by Crippen LogP contribution is 2.27. The van der Waals surface area contributed by atoms with Crippen molar-refractivity contribution in [2.24, 2.45) is 5.92 Å². The molecule has 0 bridgehead atoms. The van der Waals surface area contributed by atoms with E-state index in [1.165, 1.54) is 6.26 Å². The summed E-state index contributed by atoms with van der Waals surface area (Å²) < 4.78 is 26.5. The zero-order valence-corrected chi connectivity index (χ0v) is 18.2. The number of rotatable bonds is 7. The van der Waals surface area contributed by atoms with Crippen LogP contribution in [0.3, 0.4) is 0 Å². The topological polar surface area (TPSA) is 66.5 Å². The fourth-order valence-electron chi connectivity index (χ4n) is 4.00. The summed E-state index contributed by atoms with van der Waals surface area (Å²) in [6.07, 6.45) is 3.21. The first kappa shape index (κ1) is 21.5. The molecule has 6 heteroatoms. The number of carbonyl (C=O) groups excluding carboxylic acids is 1. The van der Waals surface area contributed by atoms with Gasteiger partial charge in [-0.15, -0.1) is 0 Å². The lowest BCUT2D eigenvalue weighted by molar-refractivity contribution is -0.136. The normalized spacial score (nSPS) is 20.6. The third-order valence-corrected chi connectivity index (χ3v) is 6.44. The van der Waals surface area contributed by atoms with Crippen LogP contribution < -0.4 is 4.72 Å². The fraction of sp³-hybridized carbons (Fsp3) is 0.435. The van der Waals surface area contributed by atoms with Gasteiger partial charge in [0.15, 0.2) is 0 Å². The first-order chi connectivity index (χ1) is 13.8. The third kappa shape index (κ3) is 5.46. The Morgan fingerprint density at radius 2 is 1.83 bits per heavy atom. The van der Waals surface area contributed by atoms with E-state index in [1.54, 1.807) is 0 Å². The van der Waals surface area contributed by atoms with Gasteiger partial charge in [0.2, 0.25) is 15.9 Å². The van der Waals surface area contributed by atoms with Crippen LogP contribution in [-0.2, 0) is 21.2 Å². The van der Waals surface area contributed by atoms with E-state index in [2.05, 4.69) is 29.0 Å². The molecule has 1 N–H and O–H groups in total. The molecule has 1 heterocycles. The van der Waals surface area contributed by atoms with Crippen LogP contribution in [0.25, 0.3) is 11.1 Å². The summed E-state index contributed by atoms with van der Waals surface area (Å²) in [5, 5.41) is 0. The van der Waals surface area contributed by atoms with Gasteiger partial charge in [-0.2, -0.15) is 0 Å². The first-order valence-electron chi connectivity index (χ1n) is 10.2. The monoisotopic (exact) mass is 414 g/mol. The smallest absolute Gasteiger partial charge is 0.225 e. The van der Waals surface area contributed by atoms with Crippen LogP contribution in [0.1, 0.15) is 32.3 Å². The largest absolute Gasteiger partial charge is 0.337 e. The number of amides is 1. The van der Waals surface area contributed by atoms with Gasteiger partial charge in [0, 0.05) is 18.5 Å². The molecule has 1 aliphatic rings. The van der Waals surface area contributed by atoms with Crippen molar-refractivity contribution in [1.82, 2.24) is 9.62 Å². The van der Waals surface area contributed by atoms with E-state index >= 15 is 0 Å². The van der Waals surface area contributed by atoms with Gasteiger partial charge in [0.25, 0.3) is 0 Å². The summed E-state index contributed by atoms with van der Waals surface area (Å²) in [4.78, 5) is 14.8. The van der Waals surface area contributed by atoms with Crippen molar-refractivity contribution in [3.63, 3.8) is 0 Å². The number of nitrogens with zero attached hydrogens (tertiary/aromatic N) is 1. The van der Waals surface area contributed by atoms with Gasteiger partial charge in [-0.3, -0.25) is 4.79 Å². The Labute approximate surface area is 174 Å². The summed E-state index contributed by atoms with van der Waals surface area (Å²) in [5.74, 6) is 0.0413. The van der Waals surface area contributed by atoms with E-state index in [4.69, 9.17) is 0 Å². The van der Waals surface area contributed by atoms with E-state index in [0.29, 0.717) is 19.4 Å². The maximum atomic E-state index is 12.9. The quantitative estimate of drug-likeness (QED) is 0.754. The number of hydrogen-bond donors (Lipinski definition) is 1. The second-order valence-electron chi connectivity index (χ2n) is 7.96. The van der Waals surface area contributed by atoms with E-state index in [0.717, 1.165) is 23.1 Å². The van der Waals surface area contributed by atoms with E-state index in [1.807, 2.05) is 49.1 Å². The third-order valence-electron chi connectivity index (χ3n) is 5.71. The molecule has 0 aromatic heterocycles. The molecule has 2 aromatic carbocycles. The maximum Gasteiger partial charge on any atom is 0.225 e. The van der Waals surface area contributed by atoms with E-state index in [9.17, 15) is 13.2 Å². The molecule has 1 unspecified atom stereocenters. The van der Waals surface area contributed by atoms with Crippen molar-refractivity contribution in [2.75, 3.05) is 12.8 Å². The van der Waals surface area contributed by atoms with Gasteiger partial charge in [-0.1, -0.05) is 68.4 Å². The second-order valence-corrected chi connectivity index (χ2v) is 9.74. The highest BCUT2D eigenvalue weighted by atomic mass is 32.2. The summed E-state index contributed by atoms with van der Waals surface area (Å²) in [6, 6.07) is 18.0. The van der Waals surface area contributed by atoms with Gasteiger partial charge in [-0.05, 0) is 36.0 Å². The van der Waals surface area contributed by atoms with Crippen LogP contribution in [0, 0.1) is 5.92 Å². The molecule has 1 aliphatic heterocycles. The molecule has 3 atom stereocenters. The van der Waals surface area contributed by atoms with Gasteiger partial charge < -0.3 is 4.90 Å². The molecule has 0 aliphatic carbocycles. The fourth-order valence-corrected chi connectivity index (χ4v) is 4.82. The molecule has 29 heavy (non-hydrogen) atoms. The first-order valence-corrected chi connectivity index (χ1v) is 12.1. The number of carbonyl (C=O) groups is 1. The molecular formula is C23H30N2O3S. The minimum atomic E-state index is -3.35. The highest BCUT2D eigenvalue weighted by molar-refractivity contribution is 7.88. The number of sulfonamides is 1. The molecular weight excluding hydrogens is 384 g/mol. The van der Waals surface area contributed by atoms with Gasteiger partial charge >= 0.3 is 0 Å². The van der Waals surface area contributed by atoms with Crippen LogP contribution >= 0.6 is 0 Å². The van der Waals surface area contributed by atoms with E-state index < -0.39 is 10.0 Å². The number of likely N-dealkylation sites (tertiary alicyclic amines) is 1. The van der Waals surface area contributed by atoms with Gasteiger partial charge in [0.05, 0.1) is 12.3 Å². The Morgan fingerprint density at radius 3 is 2.48 bits per heavy atom. The molecule has 0 radical (unpaired) electrons. The lowest BCUT2D eigenvalue weighted by Crippen LogP contribution is -2.48. The zero-order chi connectivity index (χ0) is 21.0. The van der Waals surface area contributed by atoms with Crippen LogP contribution in [0.4, 0.5) is 0 Å². The van der Waals surface area contributed by atoms with Crippen LogP contribution in [0.5, 0.6) is 0 Å². The molecule has 1 saturated heterocycles. The number of nitrogens with one attached hydrogen (secondary N) is 1. The maximum absolute atomic E-state index is 12.9. The van der Waals surface area contributed by atoms with Crippen molar-refractivity contribution in [2.45, 2.75) is 45.2 Å². The lowest BCUT2D eigenvalue weighted by Gasteiger charge is -2.30. The van der Waals surface area contributed by atoms with Crippen molar-refractivity contribution in [1.29, 1.82) is 0 Å². The molecule has 156 valence electrons. The molecule has 2 aromatic rings. The van der Waals surface area contributed by atoms with Gasteiger partial charge in [-0.25, -0.2) is 13.1 Å². The molecule has 1 amide bonds.